The van der Waals surface area contributed by atoms with Crippen molar-refractivity contribution in [3.8, 4) is 0 Å². The van der Waals surface area contributed by atoms with E-state index in [-0.39, 0.29) is 7.53 Å². The molecule has 1 N–H and O–H groups in total. The second-order valence-corrected chi connectivity index (χ2v) is 5.48. The summed E-state index contributed by atoms with van der Waals surface area (Å²) in [6.07, 6.45) is 0.257. The van der Waals surface area contributed by atoms with Gasteiger partial charge >= 0.3 is 0 Å². The summed E-state index contributed by atoms with van der Waals surface area (Å²) in [5.74, 6) is 0. The van der Waals surface area contributed by atoms with Gasteiger partial charge in [-0.25, -0.2) is 0 Å². The Morgan fingerprint density at radius 3 is 1.45 bits per heavy atom. The molecule has 0 aliphatic carbocycles. The van der Waals surface area contributed by atoms with Crippen LogP contribution < -0.4 is 5.32 Å². The van der Waals surface area contributed by atoms with Crippen molar-refractivity contribution in [2.24, 2.45) is 0 Å². The van der Waals surface area contributed by atoms with Crippen molar-refractivity contribution in [2.45, 2.75) is 39.8 Å². The quantitative estimate of drug-likeness (QED) is 0.411. The van der Waals surface area contributed by atoms with Crippen molar-refractivity contribution in [2.75, 3.05) is 66.0 Å². The molecule has 0 aromatic rings. The van der Waals surface area contributed by atoms with Gasteiger partial charge in [0.1, 0.15) is 0 Å². The van der Waals surface area contributed by atoms with Gasteiger partial charge in [-0.05, 0) is 13.8 Å². The molecule has 0 spiro atoms. The van der Waals surface area contributed by atoms with Crippen LogP contribution in [0.1, 0.15) is 29.1 Å². The van der Waals surface area contributed by atoms with E-state index in [1.54, 1.807) is 0 Å². The van der Waals surface area contributed by atoms with Crippen LogP contribution in [0.3, 0.4) is 0 Å². The minimum absolute atomic E-state index is 0. The highest BCUT2D eigenvalue weighted by molar-refractivity contribution is 4.50. The van der Waals surface area contributed by atoms with Gasteiger partial charge in [-0.1, -0.05) is 13.8 Å². The zero-order chi connectivity index (χ0) is 16.5. The predicted octanol–water partition coefficient (Wildman–Crippen LogP) is 1.72. The Balaban J connectivity index is 0. The van der Waals surface area contributed by atoms with E-state index < -0.39 is 0 Å². The summed E-state index contributed by atoms with van der Waals surface area (Å²) < 4.78 is 26.9. The fourth-order valence-corrected chi connectivity index (χ4v) is 1.52. The molecule has 0 heterocycles. The van der Waals surface area contributed by atoms with Gasteiger partial charge < -0.3 is 29.0 Å². The van der Waals surface area contributed by atoms with Gasteiger partial charge in [-0.2, -0.15) is 0 Å². The standard InChI is InChI=1S/C16H35NO5.H2/c1-15(2)17-5-6-18-7-8-19-9-10-20-11-12-21-13-14-22-16(3)4;/h15-17H,5-14H2,1-4H3;1H. The van der Waals surface area contributed by atoms with Gasteiger partial charge in [0.2, 0.25) is 0 Å². The van der Waals surface area contributed by atoms with Gasteiger partial charge in [0.15, 0.2) is 0 Å². The second-order valence-electron chi connectivity index (χ2n) is 5.48. The van der Waals surface area contributed by atoms with Crippen LogP contribution in [-0.2, 0) is 23.7 Å². The average Bonchev–Trinajstić information content (AvgIpc) is 2.46. The molecule has 0 saturated carbocycles. The molecule has 0 amide bonds. The molecule has 0 aromatic heterocycles. The van der Waals surface area contributed by atoms with E-state index >= 15 is 0 Å². The molecule has 6 heteroatoms. The Morgan fingerprint density at radius 1 is 0.636 bits per heavy atom. The lowest BCUT2D eigenvalue weighted by Crippen LogP contribution is -2.27. The van der Waals surface area contributed by atoms with Gasteiger partial charge in [0.25, 0.3) is 0 Å². The topological polar surface area (TPSA) is 58.2 Å². The van der Waals surface area contributed by atoms with Crippen LogP contribution in [0.2, 0.25) is 0 Å². The lowest BCUT2D eigenvalue weighted by atomic mass is 10.4. The molecular weight excluding hydrogens is 286 g/mol. The Labute approximate surface area is 137 Å². The van der Waals surface area contributed by atoms with Crippen LogP contribution in [0.5, 0.6) is 0 Å². The van der Waals surface area contributed by atoms with E-state index in [4.69, 9.17) is 23.7 Å². The number of nitrogens with one attached hydrogen (secondary N) is 1. The van der Waals surface area contributed by atoms with Crippen molar-refractivity contribution in [3.05, 3.63) is 0 Å². The fourth-order valence-electron chi connectivity index (χ4n) is 1.52. The van der Waals surface area contributed by atoms with E-state index in [1.807, 2.05) is 13.8 Å². The fraction of sp³-hybridized carbons (Fsp3) is 1.00. The molecule has 0 radical (unpaired) electrons. The molecule has 6 nitrogen and oxygen atoms in total. The molecule has 0 rings (SSSR count). The maximum Gasteiger partial charge on any atom is 0.0703 e. The SMILES string of the molecule is CC(C)NCCOCCOCCOCCOCCOC(C)C.[HH]. The molecular formula is C16H37NO5. The highest BCUT2D eigenvalue weighted by Crippen LogP contribution is 1.88. The van der Waals surface area contributed by atoms with E-state index in [2.05, 4.69) is 19.2 Å². The first-order valence-electron chi connectivity index (χ1n) is 8.29. The maximum atomic E-state index is 5.42. The van der Waals surface area contributed by atoms with Crippen molar-refractivity contribution < 1.29 is 25.1 Å². The number of rotatable bonds is 17. The minimum Gasteiger partial charge on any atom is -0.378 e. The lowest BCUT2D eigenvalue weighted by Gasteiger charge is -2.09. The van der Waals surface area contributed by atoms with E-state index in [9.17, 15) is 0 Å². The molecule has 0 atom stereocenters. The molecule has 136 valence electrons. The van der Waals surface area contributed by atoms with Crippen LogP contribution in [-0.4, -0.2) is 78.2 Å². The summed E-state index contributed by atoms with van der Waals surface area (Å²) in [5, 5.41) is 3.29. The summed E-state index contributed by atoms with van der Waals surface area (Å²) in [6.45, 7) is 14.7. The third-order valence-corrected chi connectivity index (χ3v) is 2.59. The normalized spacial score (nSPS) is 11.7. The Bertz CT molecular complexity index is 199. The highest BCUT2D eigenvalue weighted by atomic mass is 16.6. The van der Waals surface area contributed by atoms with Crippen molar-refractivity contribution in [3.63, 3.8) is 0 Å². The average molecular weight is 323 g/mol. The van der Waals surface area contributed by atoms with E-state index in [0.717, 1.165) is 13.2 Å². The zero-order valence-electron chi connectivity index (χ0n) is 14.8. The smallest absolute Gasteiger partial charge is 0.0703 e. The van der Waals surface area contributed by atoms with E-state index in [1.165, 1.54) is 0 Å². The Kier molecular flexibility index (Phi) is 16.9. The third-order valence-electron chi connectivity index (χ3n) is 2.59. The summed E-state index contributed by atoms with van der Waals surface area (Å²) in [7, 11) is 0. The monoisotopic (exact) mass is 323 g/mol. The Morgan fingerprint density at radius 2 is 1.05 bits per heavy atom. The maximum absolute atomic E-state index is 5.42. The Hall–Kier alpha value is -0.240. The van der Waals surface area contributed by atoms with Crippen molar-refractivity contribution in [1.82, 2.24) is 5.32 Å². The van der Waals surface area contributed by atoms with Gasteiger partial charge in [0, 0.05) is 14.0 Å². The molecule has 0 aliphatic heterocycles. The first-order chi connectivity index (χ1) is 10.6. The van der Waals surface area contributed by atoms with Crippen LogP contribution >= 0.6 is 0 Å². The molecule has 0 saturated heterocycles. The molecule has 0 bridgehead atoms. The van der Waals surface area contributed by atoms with Crippen molar-refractivity contribution in [1.29, 1.82) is 0 Å². The van der Waals surface area contributed by atoms with Crippen LogP contribution in [0.4, 0.5) is 0 Å². The van der Waals surface area contributed by atoms with Crippen molar-refractivity contribution >= 4 is 0 Å². The minimum atomic E-state index is 0. The number of hydrogen-bond donors (Lipinski definition) is 1. The number of hydrogen-bond acceptors (Lipinski definition) is 6. The molecule has 0 unspecified atom stereocenters. The molecule has 22 heavy (non-hydrogen) atoms. The summed E-state index contributed by atoms with van der Waals surface area (Å²) in [4.78, 5) is 0. The first-order valence-corrected chi connectivity index (χ1v) is 8.29. The largest absolute Gasteiger partial charge is 0.378 e. The first kappa shape index (κ1) is 21.8. The number of ether oxygens (including phenoxy) is 5. The van der Waals surface area contributed by atoms with E-state index in [0.29, 0.717) is 58.9 Å². The van der Waals surface area contributed by atoms with Gasteiger partial charge in [-0.15, -0.1) is 0 Å². The predicted molar refractivity (Wildman–Crippen MR) is 89.6 cm³/mol. The molecule has 0 aromatic carbocycles. The second kappa shape index (κ2) is 17.1. The molecule has 0 aliphatic rings. The summed E-state index contributed by atoms with van der Waals surface area (Å²) in [5.41, 5.74) is 0. The third kappa shape index (κ3) is 19.8. The van der Waals surface area contributed by atoms with Gasteiger partial charge in [0.05, 0.1) is 65.6 Å². The lowest BCUT2D eigenvalue weighted by molar-refractivity contribution is -0.0174. The van der Waals surface area contributed by atoms with Crippen LogP contribution in [0, 0.1) is 0 Å². The summed E-state index contributed by atoms with van der Waals surface area (Å²) in [6, 6.07) is 0.503. The van der Waals surface area contributed by atoms with Crippen LogP contribution in [0.25, 0.3) is 0 Å². The summed E-state index contributed by atoms with van der Waals surface area (Å²) >= 11 is 0. The van der Waals surface area contributed by atoms with Gasteiger partial charge in [-0.3, -0.25) is 0 Å². The van der Waals surface area contributed by atoms with Crippen LogP contribution in [0.15, 0.2) is 0 Å². The highest BCUT2D eigenvalue weighted by Gasteiger charge is 1.95. The molecule has 0 fully saturated rings. The zero-order valence-corrected chi connectivity index (χ0v) is 14.8.